The maximum Gasteiger partial charge on any atom is 0.169 e. The second-order valence-corrected chi connectivity index (χ2v) is 4.97. The summed E-state index contributed by atoms with van der Waals surface area (Å²) in [6, 6.07) is 7.11. The highest BCUT2D eigenvalue weighted by molar-refractivity contribution is 4.84. The van der Waals surface area contributed by atoms with Crippen molar-refractivity contribution in [3.63, 3.8) is 0 Å². The van der Waals surface area contributed by atoms with Crippen LogP contribution in [0.2, 0.25) is 0 Å². The van der Waals surface area contributed by atoms with Gasteiger partial charge in [0.1, 0.15) is 0 Å². The van der Waals surface area contributed by atoms with Crippen LogP contribution in [0, 0.1) is 0 Å². The van der Waals surface area contributed by atoms with Crippen molar-refractivity contribution < 1.29 is 4.57 Å². The van der Waals surface area contributed by atoms with Crippen LogP contribution in [-0.4, -0.2) is 0 Å². The van der Waals surface area contributed by atoms with Crippen LogP contribution in [0.25, 0.3) is 0 Å². The minimum absolute atomic E-state index is 0.716. The molecular formula is C16H28N+. The molecule has 0 aliphatic heterocycles. The average Bonchev–Trinajstić information content (AvgIpc) is 2.39. The lowest BCUT2D eigenvalue weighted by Gasteiger charge is -2.11. The largest absolute Gasteiger partial charge is 0.202 e. The molecule has 0 aliphatic rings. The van der Waals surface area contributed by atoms with Crippen LogP contribution in [0.15, 0.2) is 30.6 Å². The van der Waals surface area contributed by atoms with Crippen LogP contribution in [0.4, 0.5) is 0 Å². The van der Waals surface area contributed by atoms with Crippen molar-refractivity contribution >= 4 is 0 Å². The first-order valence-corrected chi connectivity index (χ1v) is 7.34. The molecule has 0 aliphatic carbocycles. The molecule has 1 rings (SSSR count). The number of rotatable bonds is 9. The smallest absolute Gasteiger partial charge is 0.169 e. The Morgan fingerprint density at radius 1 is 0.765 bits per heavy atom. The molecule has 1 aromatic rings. The highest BCUT2D eigenvalue weighted by atomic mass is 15.0. The lowest BCUT2D eigenvalue weighted by atomic mass is 10.0. The summed E-state index contributed by atoms with van der Waals surface area (Å²) in [6.07, 6.45) is 15.3. The Labute approximate surface area is 107 Å². The zero-order valence-corrected chi connectivity index (χ0v) is 11.6. The third-order valence-corrected chi connectivity index (χ3v) is 3.44. The first kappa shape index (κ1) is 14.2. The molecule has 1 nitrogen and oxygen atoms in total. The molecule has 96 valence electrons. The number of unbranched alkanes of at least 4 members (excludes halogenated alkanes) is 4. The lowest BCUT2D eigenvalue weighted by molar-refractivity contribution is -0.724. The van der Waals surface area contributed by atoms with Gasteiger partial charge in [0.2, 0.25) is 0 Å². The molecule has 1 heteroatoms. The van der Waals surface area contributed by atoms with Crippen molar-refractivity contribution in [3.05, 3.63) is 30.6 Å². The van der Waals surface area contributed by atoms with Crippen LogP contribution in [0.1, 0.15) is 71.3 Å². The molecule has 0 amide bonds. The fraction of sp³-hybridized carbons (Fsp3) is 0.688. The molecule has 0 radical (unpaired) electrons. The van der Waals surface area contributed by atoms with Gasteiger partial charge in [-0.15, -0.1) is 0 Å². The second kappa shape index (κ2) is 9.21. The normalized spacial score (nSPS) is 12.6. The van der Waals surface area contributed by atoms with E-state index in [9.17, 15) is 0 Å². The van der Waals surface area contributed by atoms with Gasteiger partial charge in [0.15, 0.2) is 18.4 Å². The van der Waals surface area contributed by atoms with Crippen LogP contribution >= 0.6 is 0 Å². The number of aromatic nitrogens is 1. The van der Waals surface area contributed by atoms with E-state index < -0.39 is 0 Å². The Balaban J connectivity index is 2.43. The number of nitrogens with zero attached hydrogens (tertiary/aromatic N) is 1. The molecule has 0 N–H and O–H groups in total. The Hall–Kier alpha value is -0.850. The standard InChI is InChI=1S/C16H28N/c1-3-5-7-9-13-16(12-6-4-2)17-14-10-8-11-15-17/h8,10-11,14-16H,3-7,9,12-13H2,1-2H3/q+1. The monoisotopic (exact) mass is 234 g/mol. The minimum Gasteiger partial charge on any atom is -0.202 e. The highest BCUT2D eigenvalue weighted by Crippen LogP contribution is 2.17. The zero-order chi connectivity index (χ0) is 12.3. The van der Waals surface area contributed by atoms with Gasteiger partial charge in [-0.05, 0) is 12.8 Å². The van der Waals surface area contributed by atoms with Gasteiger partial charge in [-0.3, -0.25) is 0 Å². The van der Waals surface area contributed by atoms with E-state index in [2.05, 4.69) is 49.0 Å². The van der Waals surface area contributed by atoms with E-state index in [-0.39, 0.29) is 0 Å². The maximum absolute atomic E-state index is 2.40. The molecule has 0 spiro atoms. The summed E-state index contributed by atoms with van der Waals surface area (Å²) < 4.78 is 2.40. The maximum atomic E-state index is 2.40. The van der Waals surface area contributed by atoms with E-state index >= 15 is 0 Å². The molecule has 1 unspecified atom stereocenters. The molecule has 0 aromatic carbocycles. The van der Waals surface area contributed by atoms with Crippen LogP contribution in [-0.2, 0) is 0 Å². The first-order valence-electron chi connectivity index (χ1n) is 7.34. The van der Waals surface area contributed by atoms with E-state index in [1.54, 1.807) is 0 Å². The average molecular weight is 234 g/mol. The molecule has 1 aromatic heterocycles. The van der Waals surface area contributed by atoms with E-state index in [4.69, 9.17) is 0 Å². The Morgan fingerprint density at radius 2 is 1.41 bits per heavy atom. The van der Waals surface area contributed by atoms with Gasteiger partial charge in [0, 0.05) is 25.0 Å². The Kier molecular flexibility index (Phi) is 7.70. The summed E-state index contributed by atoms with van der Waals surface area (Å²) in [5, 5.41) is 0. The van der Waals surface area contributed by atoms with Crippen molar-refractivity contribution in [2.45, 2.75) is 71.3 Å². The fourth-order valence-corrected chi connectivity index (χ4v) is 2.34. The number of hydrogen-bond donors (Lipinski definition) is 0. The van der Waals surface area contributed by atoms with Crippen molar-refractivity contribution in [1.29, 1.82) is 0 Å². The van der Waals surface area contributed by atoms with Gasteiger partial charge in [0.25, 0.3) is 0 Å². The summed E-state index contributed by atoms with van der Waals surface area (Å²) in [5.74, 6) is 0. The van der Waals surface area contributed by atoms with Crippen LogP contribution in [0.5, 0.6) is 0 Å². The van der Waals surface area contributed by atoms with Crippen LogP contribution < -0.4 is 4.57 Å². The first-order chi connectivity index (χ1) is 8.38. The predicted molar refractivity (Wildman–Crippen MR) is 74.0 cm³/mol. The van der Waals surface area contributed by atoms with Gasteiger partial charge >= 0.3 is 0 Å². The summed E-state index contributed by atoms with van der Waals surface area (Å²) in [6.45, 7) is 4.56. The topological polar surface area (TPSA) is 3.88 Å². The Morgan fingerprint density at radius 3 is 2.06 bits per heavy atom. The molecule has 0 bridgehead atoms. The molecular weight excluding hydrogens is 206 g/mol. The molecule has 1 heterocycles. The lowest BCUT2D eigenvalue weighted by Crippen LogP contribution is -2.38. The van der Waals surface area contributed by atoms with Crippen molar-refractivity contribution in [3.8, 4) is 0 Å². The molecule has 0 saturated carbocycles. The van der Waals surface area contributed by atoms with Crippen LogP contribution in [0.3, 0.4) is 0 Å². The van der Waals surface area contributed by atoms with Crippen molar-refractivity contribution in [2.75, 3.05) is 0 Å². The summed E-state index contributed by atoms with van der Waals surface area (Å²) >= 11 is 0. The number of hydrogen-bond acceptors (Lipinski definition) is 0. The molecule has 0 saturated heterocycles. The van der Waals surface area contributed by atoms with E-state index in [1.165, 1.54) is 51.4 Å². The number of pyridine rings is 1. The summed E-state index contributed by atoms with van der Waals surface area (Å²) in [4.78, 5) is 0. The van der Waals surface area contributed by atoms with E-state index in [0.717, 1.165) is 0 Å². The van der Waals surface area contributed by atoms with Gasteiger partial charge < -0.3 is 0 Å². The quantitative estimate of drug-likeness (QED) is 0.431. The van der Waals surface area contributed by atoms with Gasteiger partial charge in [-0.25, -0.2) is 4.57 Å². The van der Waals surface area contributed by atoms with Crippen molar-refractivity contribution in [2.24, 2.45) is 0 Å². The minimum atomic E-state index is 0.716. The van der Waals surface area contributed by atoms with Gasteiger partial charge in [-0.1, -0.05) is 45.6 Å². The summed E-state index contributed by atoms with van der Waals surface area (Å²) in [5.41, 5.74) is 0. The predicted octanol–water partition coefficient (Wildman–Crippen LogP) is 4.68. The van der Waals surface area contributed by atoms with Gasteiger partial charge in [-0.2, -0.15) is 0 Å². The second-order valence-electron chi connectivity index (χ2n) is 4.97. The Bertz CT molecular complexity index is 268. The van der Waals surface area contributed by atoms with Crippen molar-refractivity contribution in [1.82, 2.24) is 0 Å². The zero-order valence-electron chi connectivity index (χ0n) is 11.6. The molecule has 0 fully saturated rings. The van der Waals surface area contributed by atoms with Gasteiger partial charge in [0.05, 0.1) is 0 Å². The fourth-order valence-electron chi connectivity index (χ4n) is 2.34. The summed E-state index contributed by atoms with van der Waals surface area (Å²) in [7, 11) is 0. The SMILES string of the molecule is CCCCCCC(CCCC)[n+]1ccccc1. The third-order valence-electron chi connectivity index (χ3n) is 3.44. The third kappa shape index (κ3) is 5.86. The molecule has 1 atom stereocenters. The van der Waals surface area contributed by atoms with E-state index in [0.29, 0.717) is 6.04 Å². The highest BCUT2D eigenvalue weighted by Gasteiger charge is 2.16. The van der Waals surface area contributed by atoms with E-state index in [1.807, 2.05) is 0 Å². The molecule has 17 heavy (non-hydrogen) atoms.